The van der Waals surface area contributed by atoms with Crippen LogP contribution < -0.4 is 0 Å². The first-order valence-electron chi connectivity index (χ1n) is 17.3. The smallest absolute Gasteiger partial charge is 0.221 e. The van der Waals surface area contributed by atoms with Gasteiger partial charge in [-0.05, 0) is 53.5 Å². The van der Waals surface area contributed by atoms with Gasteiger partial charge in [0, 0.05) is 53.5 Å². The number of fused-ring (bicyclic) bond motifs is 6. The van der Waals surface area contributed by atoms with Crippen molar-refractivity contribution in [1.82, 2.24) is 9.97 Å². The molecule has 0 fully saturated rings. The summed E-state index contributed by atoms with van der Waals surface area (Å²) >= 11 is 0. The molecule has 5 nitrogen and oxygen atoms in total. The third-order valence-corrected chi connectivity index (χ3v) is 10.7. The number of hydrogen-bond acceptors (Lipinski definition) is 5. The van der Waals surface area contributed by atoms with Crippen LogP contribution in [0.4, 0.5) is 0 Å². The first-order chi connectivity index (χ1) is 22.8. The second-order valence-corrected chi connectivity index (χ2v) is 14.5. The van der Waals surface area contributed by atoms with E-state index in [1.165, 1.54) is 22.4 Å². The fourth-order valence-corrected chi connectivity index (χ4v) is 6.13. The van der Waals surface area contributed by atoms with Crippen LogP contribution >= 0.6 is 0 Å². The molecule has 0 atom stereocenters. The van der Waals surface area contributed by atoms with Crippen molar-refractivity contribution in [3.05, 3.63) is 96.5 Å². The van der Waals surface area contributed by atoms with Crippen molar-refractivity contribution < 1.29 is 34.4 Å². The number of rotatable bonds is 8. The van der Waals surface area contributed by atoms with Crippen LogP contribution in [0.2, 0.25) is 0 Å². The molecule has 49 heavy (non-hydrogen) atoms. The third-order valence-electron chi connectivity index (χ3n) is 10.7. The molecule has 259 valence electrons. The van der Waals surface area contributed by atoms with Crippen LogP contribution in [0.3, 0.4) is 0 Å². The number of benzene rings is 4. The molecule has 0 saturated carbocycles. The summed E-state index contributed by atoms with van der Waals surface area (Å²) < 4.78 is 6.13. The summed E-state index contributed by atoms with van der Waals surface area (Å²) in [6.07, 6.45) is 6.34. The van der Waals surface area contributed by atoms with Crippen LogP contribution in [-0.4, -0.2) is 20.9 Å². The van der Waals surface area contributed by atoms with Crippen LogP contribution in [0.25, 0.3) is 54.9 Å². The minimum atomic E-state index is -0.337. The van der Waals surface area contributed by atoms with E-state index in [4.69, 9.17) is 9.40 Å². The molecule has 2 aromatic heterocycles. The minimum Gasteiger partial charge on any atom is -0.512 e. The molecule has 1 N–H and O–H groups in total. The Morgan fingerprint density at radius 3 is 2.12 bits per heavy atom. The van der Waals surface area contributed by atoms with Gasteiger partial charge in [-0.1, -0.05) is 116 Å². The molecule has 0 amide bonds. The molecule has 1 radical (unpaired) electrons. The number of carbonyl (C=O) groups excluding carboxylic acids is 1. The third kappa shape index (κ3) is 7.37. The number of ketones is 1. The maximum Gasteiger partial charge on any atom is 0.221 e. The Balaban J connectivity index is 0.000000260. The fourth-order valence-electron chi connectivity index (χ4n) is 6.13. The number of furan rings is 1. The van der Waals surface area contributed by atoms with E-state index in [-0.39, 0.29) is 47.9 Å². The van der Waals surface area contributed by atoms with Gasteiger partial charge in [-0.3, -0.25) is 9.78 Å². The summed E-state index contributed by atoms with van der Waals surface area (Å²) in [6, 6.07) is 26.7. The van der Waals surface area contributed by atoms with Crippen LogP contribution in [-0.2, 0) is 30.3 Å². The molecule has 4 aromatic carbocycles. The zero-order valence-electron chi connectivity index (χ0n) is 30.3. The van der Waals surface area contributed by atoms with Gasteiger partial charge < -0.3 is 9.52 Å². The molecule has 2 heterocycles. The molecule has 0 aliphatic rings. The van der Waals surface area contributed by atoms with Gasteiger partial charge >= 0.3 is 0 Å². The van der Waals surface area contributed by atoms with E-state index in [1.807, 2.05) is 53.7 Å². The molecular weight excluding hydrogens is 785 g/mol. The molecule has 0 saturated heterocycles. The van der Waals surface area contributed by atoms with Gasteiger partial charge in [-0.15, -0.1) is 29.1 Å². The van der Waals surface area contributed by atoms with E-state index in [2.05, 4.69) is 86.4 Å². The quantitative estimate of drug-likeness (QED) is 0.0939. The van der Waals surface area contributed by atoms with Crippen molar-refractivity contribution in [3.8, 4) is 11.3 Å². The van der Waals surface area contributed by atoms with Crippen LogP contribution in [0, 0.1) is 16.9 Å². The maximum atomic E-state index is 12.2. The number of carbonyl (C=O) groups is 1. The molecular formula is C43H49IrN2O3-. The predicted octanol–water partition coefficient (Wildman–Crippen LogP) is 12.1. The predicted molar refractivity (Wildman–Crippen MR) is 200 cm³/mol. The number of allylic oxidation sites excluding steroid dienone is 2. The second kappa shape index (κ2) is 14.9. The first kappa shape index (κ1) is 37.9. The Morgan fingerprint density at radius 1 is 0.796 bits per heavy atom. The second-order valence-electron chi connectivity index (χ2n) is 14.5. The molecule has 6 heteroatoms. The van der Waals surface area contributed by atoms with E-state index < -0.39 is 0 Å². The average molecular weight is 834 g/mol. The van der Waals surface area contributed by atoms with Gasteiger partial charge in [0.1, 0.15) is 17.7 Å². The van der Waals surface area contributed by atoms with Crippen molar-refractivity contribution in [2.24, 2.45) is 10.8 Å². The number of hydrogen-bond donors (Lipinski definition) is 1. The molecule has 6 rings (SSSR count). The van der Waals surface area contributed by atoms with E-state index in [0.717, 1.165) is 64.1 Å². The van der Waals surface area contributed by atoms with E-state index in [1.54, 1.807) is 6.33 Å². The van der Waals surface area contributed by atoms with Gasteiger partial charge in [0.2, 0.25) is 5.71 Å². The Morgan fingerprint density at radius 2 is 1.47 bits per heavy atom. The summed E-state index contributed by atoms with van der Waals surface area (Å²) in [5, 5.41) is 16.8. The van der Waals surface area contributed by atoms with Crippen LogP contribution in [0.5, 0.6) is 0 Å². The zero-order valence-corrected chi connectivity index (χ0v) is 32.7. The monoisotopic (exact) mass is 834 g/mol. The van der Waals surface area contributed by atoms with E-state index in [0.29, 0.717) is 5.71 Å². The zero-order chi connectivity index (χ0) is 34.9. The summed E-state index contributed by atoms with van der Waals surface area (Å²) in [5.74, 6) is 0.286. The minimum absolute atomic E-state index is 0. The number of aliphatic hydroxyl groups is 1. The normalized spacial score (nSPS) is 12.6. The van der Waals surface area contributed by atoms with Gasteiger partial charge in [-0.25, -0.2) is 4.98 Å². The molecule has 0 bridgehead atoms. The number of nitrogens with zero attached hydrogens (tertiary/aromatic N) is 2. The van der Waals surface area contributed by atoms with E-state index >= 15 is 0 Å². The summed E-state index contributed by atoms with van der Waals surface area (Å²) in [7, 11) is 0. The van der Waals surface area contributed by atoms with Crippen molar-refractivity contribution in [2.75, 3.05) is 0 Å². The van der Waals surface area contributed by atoms with Gasteiger partial charge in [0.25, 0.3) is 0 Å². The summed E-state index contributed by atoms with van der Waals surface area (Å²) in [6.45, 7) is 18.8. The average Bonchev–Trinajstić information content (AvgIpc) is 3.50. The van der Waals surface area contributed by atoms with Crippen molar-refractivity contribution in [3.63, 3.8) is 0 Å². The first-order valence-corrected chi connectivity index (χ1v) is 17.3. The van der Waals surface area contributed by atoms with Crippen molar-refractivity contribution in [2.45, 2.75) is 93.4 Å². The van der Waals surface area contributed by atoms with Gasteiger partial charge in [0.05, 0.1) is 0 Å². The Labute approximate surface area is 304 Å². The molecule has 0 aliphatic carbocycles. The van der Waals surface area contributed by atoms with Gasteiger partial charge in [-0.2, -0.15) is 0 Å². The van der Waals surface area contributed by atoms with Crippen molar-refractivity contribution in [1.29, 1.82) is 0 Å². The molecule has 6 aromatic rings. The summed E-state index contributed by atoms with van der Waals surface area (Å²) in [4.78, 5) is 21.4. The molecule has 0 spiro atoms. The van der Waals surface area contributed by atoms with Crippen LogP contribution in [0.15, 0.2) is 89.3 Å². The Hall–Kier alpha value is -3.86. The Kier molecular flexibility index (Phi) is 11.6. The largest absolute Gasteiger partial charge is 0.512 e. The molecule has 0 aliphatic heterocycles. The standard InChI is InChI=1S/C28H21N2O.C15H28O2.Ir/c1-28(2,3)19-12-13-20-18(15-19)8-6-10-22(20)26-25-24-21-9-5-4-7-17(21)11-14-23(24)31-27(25)30-16-29-26;1-7-14(5,8-2)12(16)11-13(17)15(6,9-3)10-4;/h4-9,11-16H,1-3H3;11,16H,7-10H2,1-6H3;/q-1;;/b;12-11-;. The molecule has 0 unspecified atom stereocenters. The fraction of sp³-hybridized carbons (Fsp3) is 0.372. The number of aliphatic hydroxyl groups excluding tert-OH is 1. The Bertz CT molecular complexity index is 2130. The SMILES string of the molecule is CC(C)(C)c1ccc2c(-c3ncnc4oc5ccc6ccccc6c5c34)[c-]ccc2c1.CCC(C)(CC)C(=O)/C=C(\O)C(C)(CC)CC.[Ir]. The maximum absolute atomic E-state index is 12.2. The number of aromatic nitrogens is 2. The summed E-state index contributed by atoms with van der Waals surface area (Å²) in [5.41, 5.74) is 4.06. The van der Waals surface area contributed by atoms with E-state index in [9.17, 15) is 9.90 Å². The van der Waals surface area contributed by atoms with Crippen molar-refractivity contribution >= 4 is 49.4 Å². The van der Waals surface area contributed by atoms with Gasteiger partial charge in [0.15, 0.2) is 5.78 Å². The van der Waals surface area contributed by atoms with Crippen LogP contribution in [0.1, 0.15) is 93.6 Å². The topological polar surface area (TPSA) is 76.2 Å².